The molecule has 0 spiro atoms. The van der Waals surface area contributed by atoms with Crippen LogP contribution in [-0.2, 0) is 6.54 Å². The molecule has 0 aliphatic rings. The van der Waals surface area contributed by atoms with Crippen LogP contribution in [0.1, 0.15) is 32.8 Å². The quantitative estimate of drug-likeness (QED) is 0.913. The highest BCUT2D eigenvalue weighted by Crippen LogP contribution is 2.28. The summed E-state index contributed by atoms with van der Waals surface area (Å²) >= 11 is 0. The van der Waals surface area contributed by atoms with Gasteiger partial charge in [-0.3, -0.25) is 0 Å². The van der Waals surface area contributed by atoms with Crippen molar-refractivity contribution >= 4 is 16.7 Å². The minimum absolute atomic E-state index is 0.0688. The van der Waals surface area contributed by atoms with Gasteiger partial charge in [0.05, 0.1) is 5.52 Å². The van der Waals surface area contributed by atoms with Crippen LogP contribution in [0, 0.1) is 0 Å². The number of aromatic nitrogens is 1. The zero-order valence-corrected chi connectivity index (χ0v) is 12.3. The van der Waals surface area contributed by atoms with E-state index in [1.54, 1.807) is 0 Å². The summed E-state index contributed by atoms with van der Waals surface area (Å²) in [6.45, 7) is 7.16. The lowest BCUT2D eigenvalue weighted by Crippen LogP contribution is -2.41. The van der Waals surface area contributed by atoms with E-state index in [2.05, 4.69) is 44.9 Å². The molecule has 0 radical (unpaired) electrons. The minimum Gasteiger partial charge on any atom is -0.354 e. The average molecular weight is 257 g/mol. The van der Waals surface area contributed by atoms with Crippen LogP contribution in [0.4, 0.5) is 5.82 Å². The van der Waals surface area contributed by atoms with Gasteiger partial charge in [-0.25, -0.2) is 4.98 Å². The van der Waals surface area contributed by atoms with E-state index in [4.69, 9.17) is 10.7 Å². The fourth-order valence-corrected chi connectivity index (χ4v) is 2.11. The van der Waals surface area contributed by atoms with Gasteiger partial charge in [-0.05, 0) is 32.4 Å². The van der Waals surface area contributed by atoms with Crippen molar-refractivity contribution in [2.45, 2.75) is 39.3 Å². The molecule has 3 nitrogen and oxygen atoms in total. The largest absolute Gasteiger partial charge is 0.354 e. The van der Waals surface area contributed by atoms with Crippen LogP contribution in [0.2, 0.25) is 0 Å². The SMILES string of the molecule is CCC(C)(C)N(C)c1nc2ccccc2cc1CN. The maximum absolute atomic E-state index is 5.90. The van der Waals surface area contributed by atoms with Crippen molar-refractivity contribution in [2.75, 3.05) is 11.9 Å². The Morgan fingerprint density at radius 1 is 1.26 bits per heavy atom. The molecular formula is C16H23N3. The molecule has 19 heavy (non-hydrogen) atoms. The van der Waals surface area contributed by atoms with Crippen molar-refractivity contribution in [3.63, 3.8) is 0 Å². The van der Waals surface area contributed by atoms with Crippen molar-refractivity contribution < 1.29 is 0 Å². The third-order valence-corrected chi connectivity index (χ3v) is 4.09. The molecule has 2 aromatic rings. The number of rotatable bonds is 4. The molecule has 0 bridgehead atoms. The van der Waals surface area contributed by atoms with Crippen LogP contribution < -0.4 is 10.6 Å². The average Bonchev–Trinajstić information content (AvgIpc) is 2.44. The van der Waals surface area contributed by atoms with E-state index in [1.165, 1.54) is 0 Å². The van der Waals surface area contributed by atoms with Gasteiger partial charge < -0.3 is 10.6 Å². The highest BCUT2D eigenvalue weighted by molar-refractivity contribution is 5.81. The molecule has 0 fully saturated rings. The number of nitrogens with two attached hydrogens (primary N) is 1. The second-order valence-electron chi connectivity index (χ2n) is 5.59. The molecule has 0 amide bonds. The maximum atomic E-state index is 5.90. The van der Waals surface area contributed by atoms with Crippen molar-refractivity contribution in [1.82, 2.24) is 4.98 Å². The Morgan fingerprint density at radius 2 is 1.95 bits per heavy atom. The van der Waals surface area contributed by atoms with E-state index in [-0.39, 0.29) is 5.54 Å². The van der Waals surface area contributed by atoms with Gasteiger partial charge in [0, 0.05) is 30.1 Å². The Labute approximate surface area is 115 Å². The van der Waals surface area contributed by atoms with Crippen LogP contribution in [0.5, 0.6) is 0 Å². The third kappa shape index (κ3) is 2.56. The van der Waals surface area contributed by atoms with Crippen molar-refractivity contribution in [3.05, 3.63) is 35.9 Å². The Morgan fingerprint density at radius 3 is 2.58 bits per heavy atom. The van der Waals surface area contributed by atoms with Crippen LogP contribution in [0.3, 0.4) is 0 Å². The van der Waals surface area contributed by atoms with Gasteiger partial charge in [-0.1, -0.05) is 25.1 Å². The van der Waals surface area contributed by atoms with Crippen molar-refractivity contribution in [1.29, 1.82) is 0 Å². The molecule has 1 heterocycles. The summed E-state index contributed by atoms with van der Waals surface area (Å²) in [5.74, 6) is 0.994. The molecule has 0 aliphatic carbocycles. The summed E-state index contributed by atoms with van der Waals surface area (Å²) in [6, 6.07) is 10.3. The Balaban J connectivity index is 2.58. The van der Waals surface area contributed by atoms with Crippen molar-refractivity contribution in [3.8, 4) is 0 Å². The second-order valence-corrected chi connectivity index (χ2v) is 5.59. The van der Waals surface area contributed by atoms with E-state index in [9.17, 15) is 0 Å². The van der Waals surface area contributed by atoms with Crippen LogP contribution in [-0.4, -0.2) is 17.6 Å². The number of fused-ring (bicyclic) bond motifs is 1. The Bertz CT molecular complexity index is 575. The van der Waals surface area contributed by atoms with Gasteiger partial charge in [0.15, 0.2) is 0 Å². The third-order valence-electron chi connectivity index (χ3n) is 4.09. The van der Waals surface area contributed by atoms with Crippen LogP contribution in [0.25, 0.3) is 10.9 Å². The molecule has 1 aromatic carbocycles. The number of hydrogen-bond donors (Lipinski definition) is 1. The first-order chi connectivity index (χ1) is 8.99. The summed E-state index contributed by atoms with van der Waals surface area (Å²) < 4.78 is 0. The number of hydrogen-bond acceptors (Lipinski definition) is 3. The lowest BCUT2D eigenvalue weighted by molar-refractivity contribution is 0.466. The fourth-order valence-electron chi connectivity index (χ4n) is 2.11. The highest BCUT2D eigenvalue weighted by Gasteiger charge is 2.24. The summed E-state index contributed by atoms with van der Waals surface area (Å²) in [4.78, 5) is 7.04. The van der Waals surface area contributed by atoms with E-state index in [1.807, 2.05) is 18.2 Å². The first-order valence-corrected chi connectivity index (χ1v) is 6.82. The number of anilines is 1. The van der Waals surface area contributed by atoms with Gasteiger partial charge in [0.1, 0.15) is 5.82 Å². The van der Waals surface area contributed by atoms with Gasteiger partial charge >= 0.3 is 0 Å². The van der Waals surface area contributed by atoms with Gasteiger partial charge in [-0.15, -0.1) is 0 Å². The van der Waals surface area contributed by atoms with E-state index in [0.717, 1.165) is 28.7 Å². The van der Waals surface area contributed by atoms with E-state index >= 15 is 0 Å². The predicted molar refractivity (Wildman–Crippen MR) is 82.4 cm³/mol. The molecule has 0 saturated carbocycles. The normalized spacial score (nSPS) is 11.8. The minimum atomic E-state index is 0.0688. The summed E-state index contributed by atoms with van der Waals surface area (Å²) in [6.07, 6.45) is 1.06. The second kappa shape index (κ2) is 5.17. The van der Waals surface area contributed by atoms with E-state index < -0.39 is 0 Å². The molecule has 0 unspecified atom stereocenters. The maximum Gasteiger partial charge on any atom is 0.133 e. The Hall–Kier alpha value is -1.61. The zero-order valence-electron chi connectivity index (χ0n) is 12.3. The molecule has 1 aromatic heterocycles. The highest BCUT2D eigenvalue weighted by atomic mass is 15.2. The van der Waals surface area contributed by atoms with Gasteiger partial charge in [0.25, 0.3) is 0 Å². The molecule has 0 atom stereocenters. The molecule has 2 rings (SSSR count). The van der Waals surface area contributed by atoms with E-state index in [0.29, 0.717) is 6.54 Å². The number of benzene rings is 1. The zero-order chi connectivity index (χ0) is 14.0. The standard InChI is InChI=1S/C16H23N3/c1-5-16(2,3)19(4)15-13(11-17)10-12-8-6-7-9-14(12)18-15/h6-10H,5,11,17H2,1-4H3. The van der Waals surface area contributed by atoms with Crippen LogP contribution >= 0.6 is 0 Å². The fraction of sp³-hybridized carbons (Fsp3) is 0.438. The molecule has 0 aliphatic heterocycles. The van der Waals surface area contributed by atoms with Crippen LogP contribution in [0.15, 0.2) is 30.3 Å². The monoisotopic (exact) mass is 257 g/mol. The first kappa shape index (κ1) is 13.8. The summed E-state index contributed by atoms with van der Waals surface area (Å²) in [7, 11) is 2.10. The van der Waals surface area contributed by atoms with Crippen molar-refractivity contribution in [2.24, 2.45) is 5.73 Å². The van der Waals surface area contributed by atoms with Gasteiger partial charge in [-0.2, -0.15) is 0 Å². The number of para-hydroxylation sites is 1. The number of nitrogens with zero attached hydrogens (tertiary/aromatic N) is 2. The summed E-state index contributed by atoms with van der Waals surface area (Å²) in [5, 5.41) is 1.15. The summed E-state index contributed by atoms with van der Waals surface area (Å²) in [5.41, 5.74) is 8.09. The Kier molecular flexibility index (Phi) is 3.76. The molecule has 0 saturated heterocycles. The molecule has 102 valence electrons. The first-order valence-electron chi connectivity index (χ1n) is 6.82. The molecular weight excluding hydrogens is 234 g/mol. The predicted octanol–water partition coefficient (Wildman–Crippen LogP) is 3.32. The molecule has 2 N–H and O–H groups in total. The van der Waals surface area contributed by atoms with Gasteiger partial charge in [0.2, 0.25) is 0 Å². The lowest BCUT2D eigenvalue weighted by Gasteiger charge is -2.37. The lowest BCUT2D eigenvalue weighted by atomic mass is 9.99. The smallest absolute Gasteiger partial charge is 0.133 e. The topological polar surface area (TPSA) is 42.2 Å². The molecule has 3 heteroatoms. The number of pyridine rings is 1.